The maximum absolute atomic E-state index is 14.2. The topological polar surface area (TPSA) is 147 Å². The zero-order valence-electron chi connectivity index (χ0n) is 18.8. The number of morpholine rings is 1. The van der Waals surface area contributed by atoms with Gasteiger partial charge in [0, 0.05) is 18.7 Å². The van der Waals surface area contributed by atoms with Crippen LogP contribution in [0.15, 0.2) is 41.5 Å². The Morgan fingerprint density at radius 3 is 2.56 bits per heavy atom. The van der Waals surface area contributed by atoms with E-state index in [-0.39, 0.29) is 28.9 Å². The van der Waals surface area contributed by atoms with Crippen molar-refractivity contribution in [3.05, 3.63) is 47.9 Å². The summed E-state index contributed by atoms with van der Waals surface area (Å²) in [4.78, 5) is 25.2. The van der Waals surface area contributed by atoms with Crippen LogP contribution in [0, 0.1) is 11.2 Å². The minimum Gasteiger partial charge on any atom is -0.477 e. The third kappa shape index (κ3) is 7.04. The van der Waals surface area contributed by atoms with Gasteiger partial charge in [-0.3, -0.25) is 5.41 Å². The zero-order chi connectivity index (χ0) is 25.1. The summed E-state index contributed by atoms with van der Waals surface area (Å²) >= 11 is 0. The average Bonchev–Trinajstić information content (AvgIpc) is 2.86. The van der Waals surface area contributed by atoms with Crippen LogP contribution in [0.2, 0.25) is 0 Å². The van der Waals surface area contributed by atoms with Crippen molar-refractivity contribution in [3.8, 4) is 5.75 Å². The van der Waals surface area contributed by atoms with Crippen LogP contribution in [0.4, 0.5) is 20.5 Å². The Labute approximate surface area is 195 Å². The molecule has 0 bridgehead atoms. The second-order valence-electron chi connectivity index (χ2n) is 6.49. The summed E-state index contributed by atoms with van der Waals surface area (Å²) in [5, 5.41) is 17.1. The molecule has 0 atom stereocenters. The summed E-state index contributed by atoms with van der Waals surface area (Å²) in [6.07, 6.45) is 2.09. The van der Waals surface area contributed by atoms with Crippen molar-refractivity contribution in [2.45, 2.75) is 13.8 Å². The van der Waals surface area contributed by atoms with Crippen molar-refractivity contribution in [1.29, 1.82) is 5.41 Å². The van der Waals surface area contributed by atoms with Gasteiger partial charge in [-0.25, -0.2) is 23.6 Å². The first-order valence-corrected chi connectivity index (χ1v) is 10.4. The molecular weight excluding hydrogens is 450 g/mol. The minimum absolute atomic E-state index is 0.0894. The number of alkyl halides is 1. The molecule has 2 aromatic rings. The highest BCUT2D eigenvalue weighted by molar-refractivity contribution is 6.53. The van der Waals surface area contributed by atoms with Gasteiger partial charge in [-0.15, -0.1) is 0 Å². The molecule has 0 radical (unpaired) electrons. The lowest BCUT2D eigenvalue weighted by molar-refractivity contribution is -0.129. The molecule has 1 fully saturated rings. The molecule has 0 unspecified atom stereocenters. The Hall–Kier alpha value is -3.93. The van der Waals surface area contributed by atoms with Gasteiger partial charge in [0.25, 0.3) is 0 Å². The van der Waals surface area contributed by atoms with E-state index in [1.54, 1.807) is 4.90 Å². The number of carboxylic acids is 1. The van der Waals surface area contributed by atoms with E-state index >= 15 is 0 Å². The van der Waals surface area contributed by atoms with E-state index in [9.17, 15) is 18.7 Å². The van der Waals surface area contributed by atoms with Gasteiger partial charge in [-0.2, -0.15) is 4.98 Å². The van der Waals surface area contributed by atoms with Crippen molar-refractivity contribution >= 4 is 34.9 Å². The molecule has 3 rings (SSSR count). The summed E-state index contributed by atoms with van der Waals surface area (Å²) in [5.41, 5.74) is 5.34. The summed E-state index contributed by atoms with van der Waals surface area (Å²) < 4.78 is 36.5. The van der Waals surface area contributed by atoms with Crippen molar-refractivity contribution < 1.29 is 28.2 Å². The van der Waals surface area contributed by atoms with E-state index in [1.165, 1.54) is 24.3 Å². The first kappa shape index (κ1) is 26.3. The number of benzene rings is 1. The normalized spacial score (nSPS) is 14.2. The monoisotopic (exact) mass is 476 g/mol. The first-order valence-electron chi connectivity index (χ1n) is 10.4. The molecule has 34 heavy (non-hydrogen) atoms. The van der Waals surface area contributed by atoms with Crippen molar-refractivity contribution in [3.63, 3.8) is 0 Å². The lowest BCUT2D eigenvalue weighted by Gasteiger charge is -2.26. The standard InChI is InChI=1S/C20H20F2N6O4.C2H6/c21-11-32-13-3-1-12(2-4-13)14(17(24)19(29)30)9-16(23)26-18-15(22)10-25-20(27-18)28-5-7-31-8-6-28;1-2/h1-4,9-10,24H,5-8,11H2,(H,29,30)(H2,23,25,26,27);1-2H3/b14-9-,24-17?;. The Balaban J connectivity index is 0.00000199. The maximum atomic E-state index is 14.2. The largest absolute Gasteiger partial charge is 0.477 e. The van der Waals surface area contributed by atoms with Crippen LogP contribution in [0.3, 0.4) is 0 Å². The maximum Gasteiger partial charge on any atom is 0.354 e. The number of hydrogen-bond donors (Lipinski definition) is 3. The first-order chi connectivity index (χ1) is 16.4. The number of aromatic nitrogens is 2. The fraction of sp³-hybridized carbons (Fsp3) is 0.318. The van der Waals surface area contributed by atoms with Gasteiger partial charge in [0.1, 0.15) is 17.3 Å². The SMILES string of the molecule is CC.N=C(C(=O)O)/C(=C\C(N)=Nc1nc(N2CCOCC2)ncc1F)c1ccc(OCF)cc1. The van der Waals surface area contributed by atoms with Gasteiger partial charge in [0.15, 0.2) is 11.6 Å². The molecule has 0 amide bonds. The van der Waals surface area contributed by atoms with Crippen molar-refractivity contribution in [2.75, 3.05) is 38.1 Å². The summed E-state index contributed by atoms with van der Waals surface area (Å²) in [5.74, 6) is -2.45. The quantitative estimate of drug-likeness (QED) is 0.389. The molecule has 1 aromatic carbocycles. The van der Waals surface area contributed by atoms with Crippen LogP contribution in [-0.4, -0.2) is 65.8 Å². The van der Waals surface area contributed by atoms with Crippen LogP contribution < -0.4 is 15.4 Å². The summed E-state index contributed by atoms with van der Waals surface area (Å²) in [7, 11) is 0. The van der Waals surface area contributed by atoms with E-state index in [1.807, 2.05) is 13.8 Å². The number of halogens is 2. The highest BCUT2D eigenvalue weighted by Gasteiger charge is 2.18. The lowest BCUT2D eigenvalue weighted by atomic mass is 10.0. The number of ether oxygens (including phenoxy) is 2. The lowest BCUT2D eigenvalue weighted by Crippen LogP contribution is -2.37. The van der Waals surface area contributed by atoms with Crippen LogP contribution in [0.5, 0.6) is 5.75 Å². The second-order valence-corrected chi connectivity index (χ2v) is 6.49. The fourth-order valence-corrected chi connectivity index (χ4v) is 2.85. The van der Waals surface area contributed by atoms with E-state index in [0.29, 0.717) is 31.9 Å². The molecule has 0 saturated carbocycles. The Bertz CT molecular complexity index is 1050. The Morgan fingerprint density at radius 1 is 1.32 bits per heavy atom. The van der Waals surface area contributed by atoms with E-state index in [4.69, 9.17) is 20.6 Å². The molecule has 0 aliphatic carbocycles. The molecule has 1 aliphatic heterocycles. The number of anilines is 1. The van der Waals surface area contributed by atoms with Gasteiger partial charge >= 0.3 is 5.97 Å². The number of rotatable bonds is 8. The van der Waals surface area contributed by atoms with E-state index in [0.717, 1.165) is 12.3 Å². The number of nitrogens with one attached hydrogen (secondary N) is 1. The fourth-order valence-electron chi connectivity index (χ4n) is 2.85. The molecule has 10 nitrogen and oxygen atoms in total. The smallest absolute Gasteiger partial charge is 0.354 e. The molecule has 12 heteroatoms. The van der Waals surface area contributed by atoms with Gasteiger partial charge in [0.05, 0.1) is 19.4 Å². The van der Waals surface area contributed by atoms with Gasteiger partial charge in [0.2, 0.25) is 12.8 Å². The number of carbonyl (C=O) groups is 1. The molecule has 182 valence electrons. The zero-order valence-corrected chi connectivity index (χ0v) is 18.8. The van der Waals surface area contributed by atoms with Gasteiger partial charge < -0.3 is 25.2 Å². The number of carboxylic acid groups (broad SMARTS) is 1. The predicted molar refractivity (Wildman–Crippen MR) is 124 cm³/mol. The Morgan fingerprint density at radius 2 is 1.97 bits per heavy atom. The van der Waals surface area contributed by atoms with Crippen LogP contribution in [0.25, 0.3) is 5.57 Å². The molecular formula is C22H26F2N6O4. The number of hydrogen-bond acceptors (Lipinski definition) is 8. The van der Waals surface area contributed by atoms with Crippen molar-refractivity contribution in [2.24, 2.45) is 10.7 Å². The molecule has 1 saturated heterocycles. The average molecular weight is 476 g/mol. The molecule has 1 aromatic heterocycles. The highest BCUT2D eigenvalue weighted by atomic mass is 19.1. The highest BCUT2D eigenvalue weighted by Crippen LogP contribution is 2.22. The number of nitrogens with zero attached hydrogens (tertiary/aromatic N) is 4. The molecule has 4 N–H and O–H groups in total. The number of amidine groups is 1. The number of aliphatic carboxylic acids is 1. The molecule has 2 heterocycles. The third-order valence-electron chi connectivity index (χ3n) is 4.40. The van der Waals surface area contributed by atoms with Gasteiger partial charge in [-0.1, -0.05) is 26.0 Å². The van der Waals surface area contributed by atoms with Crippen LogP contribution in [-0.2, 0) is 9.53 Å². The van der Waals surface area contributed by atoms with Crippen LogP contribution in [0.1, 0.15) is 19.4 Å². The number of nitrogens with two attached hydrogens (primary N) is 1. The second kappa shape index (κ2) is 12.9. The van der Waals surface area contributed by atoms with E-state index in [2.05, 4.69) is 15.0 Å². The predicted octanol–water partition coefficient (Wildman–Crippen LogP) is 2.96. The Kier molecular flexibility index (Phi) is 10.0. The van der Waals surface area contributed by atoms with Gasteiger partial charge in [-0.05, 0) is 23.8 Å². The summed E-state index contributed by atoms with van der Waals surface area (Å²) in [6.45, 7) is 5.02. The molecule has 0 spiro atoms. The number of aliphatic imine (C=N–C) groups is 1. The van der Waals surface area contributed by atoms with Crippen molar-refractivity contribution in [1.82, 2.24) is 9.97 Å². The van der Waals surface area contributed by atoms with E-state index < -0.39 is 24.4 Å². The molecule has 1 aliphatic rings. The third-order valence-corrected chi connectivity index (χ3v) is 4.40. The minimum atomic E-state index is -1.50. The summed E-state index contributed by atoms with van der Waals surface area (Å²) in [6, 6.07) is 5.68. The van der Waals surface area contributed by atoms with Crippen LogP contribution >= 0.6 is 0 Å².